The molecule has 4 heteroatoms. The number of carbonyl (C=O) groups is 1. The third-order valence-electron chi connectivity index (χ3n) is 6.98. The fourth-order valence-electron chi connectivity index (χ4n) is 5.21. The molecule has 30 heavy (non-hydrogen) atoms. The second-order valence-electron chi connectivity index (χ2n) is 9.07. The van der Waals surface area contributed by atoms with Gasteiger partial charge in [0.05, 0.1) is 12.6 Å². The summed E-state index contributed by atoms with van der Waals surface area (Å²) in [6, 6.07) is 21.9. The second-order valence-corrected chi connectivity index (χ2v) is 9.07. The number of benzene rings is 2. The molecular weight excluding hydrogens is 372 g/mol. The lowest BCUT2D eigenvalue weighted by Crippen LogP contribution is -2.54. The van der Waals surface area contributed by atoms with Crippen LogP contribution in [0.3, 0.4) is 0 Å². The highest BCUT2D eigenvalue weighted by atomic mass is 16.5. The standard InChI is InChI=1S/C26H32N2O2/c29-26(27-15-13-21(14-16-27)19-20-7-3-1-4-8-20)25-24(22-9-5-2-6-10-22)28(17-18-30-25)23-11-12-23/h1-10,21,23-25H,11-19H2/t24-,25+/m0/s1. The molecule has 2 atom stereocenters. The van der Waals surface area contributed by atoms with Crippen molar-refractivity contribution in [2.24, 2.45) is 5.92 Å². The summed E-state index contributed by atoms with van der Waals surface area (Å²) in [4.78, 5) is 18.2. The molecule has 4 nitrogen and oxygen atoms in total. The van der Waals surface area contributed by atoms with Gasteiger partial charge < -0.3 is 9.64 Å². The Morgan fingerprint density at radius 3 is 2.20 bits per heavy atom. The van der Waals surface area contributed by atoms with E-state index < -0.39 is 0 Å². The molecule has 0 spiro atoms. The molecule has 5 rings (SSSR count). The van der Waals surface area contributed by atoms with Crippen LogP contribution in [0.2, 0.25) is 0 Å². The van der Waals surface area contributed by atoms with E-state index in [0.29, 0.717) is 18.6 Å². The van der Waals surface area contributed by atoms with Gasteiger partial charge in [-0.3, -0.25) is 9.69 Å². The Balaban J connectivity index is 1.26. The lowest BCUT2D eigenvalue weighted by Gasteiger charge is -2.43. The van der Waals surface area contributed by atoms with Gasteiger partial charge in [0.2, 0.25) is 0 Å². The lowest BCUT2D eigenvalue weighted by molar-refractivity contribution is -0.158. The van der Waals surface area contributed by atoms with E-state index in [-0.39, 0.29) is 18.1 Å². The highest BCUT2D eigenvalue weighted by molar-refractivity contribution is 5.82. The number of carbonyl (C=O) groups excluding carboxylic acids is 1. The largest absolute Gasteiger partial charge is 0.365 e. The number of hydrogen-bond acceptors (Lipinski definition) is 3. The zero-order valence-corrected chi connectivity index (χ0v) is 17.7. The first-order valence-electron chi connectivity index (χ1n) is 11.5. The monoisotopic (exact) mass is 404 g/mol. The van der Waals surface area contributed by atoms with E-state index in [4.69, 9.17) is 4.74 Å². The van der Waals surface area contributed by atoms with Gasteiger partial charge in [0.15, 0.2) is 6.10 Å². The fraction of sp³-hybridized carbons (Fsp3) is 0.500. The van der Waals surface area contributed by atoms with Gasteiger partial charge >= 0.3 is 0 Å². The minimum atomic E-state index is -0.382. The summed E-state index contributed by atoms with van der Waals surface area (Å²) in [7, 11) is 0. The van der Waals surface area contributed by atoms with Gasteiger partial charge in [0.25, 0.3) is 5.91 Å². The van der Waals surface area contributed by atoms with E-state index in [1.54, 1.807) is 0 Å². The summed E-state index contributed by atoms with van der Waals surface area (Å²) in [6.07, 6.45) is 5.38. The molecule has 0 bridgehead atoms. The van der Waals surface area contributed by atoms with E-state index in [1.165, 1.54) is 24.0 Å². The van der Waals surface area contributed by atoms with Crippen molar-refractivity contribution in [3.8, 4) is 0 Å². The molecule has 3 aliphatic rings. The fourth-order valence-corrected chi connectivity index (χ4v) is 5.21. The first-order valence-corrected chi connectivity index (χ1v) is 11.5. The second kappa shape index (κ2) is 8.91. The molecule has 0 unspecified atom stereocenters. The van der Waals surface area contributed by atoms with Crippen molar-refractivity contribution in [1.29, 1.82) is 0 Å². The van der Waals surface area contributed by atoms with Gasteiger partial charge in [-0.25, -0.2) is 0 Å². The van der Waals surface area contributed by atoms with Gasteiger partial charge in [0.1, 0.15) is 0 Å². The summed E-state index contributed by atoms with van der Waals surface area (Å²) >= 11 is 0. The summed E-state index contributed by atoms with van der Waals surface area (Å²) in [5.74, 6) is 0.851. The third-order valence-corrected chi connectivity index (χ3v) is 6.98. The molecule has 158 valence electrons. The van der Waals surface area contributed by atoms with Crippen molar-refractivity contribution >= 4 is 5.91 Å². The van der Waals surface area contributed by atoms with Gasteiger partial charge in [-0.15, -0.1) is 0 Å². The van der Waals surface area contributed by atoms with Crippen LogP contribution in [0.25, 0.3) is 0 Å². The number of nitrogens with zero attached hydrogens (tertiary/aromatic N) is 2. The van der Waals surface area contributed by atoms with Crippen molar-refractivity contribution < 1.29 is 9.53 Å². The van der Waals surface area contributed by atoms with E-state index in [0.717, 1.165) is 38.9 Å². The van der Waals surface area contributed by atoms with Gasteiger partial charge in [-0.2, -0.15) is 0 Å². The van der Waals surface area contributed by atoms with E-state index in [1.807, 2.05) is 6.07 Å². The molecule has 2 aromatic rings. The van der Waals surface area contributed by atoms with E-state index in [9.17, 15) is 4.79 Å². The minimum Gasteiger partial charge on any atom is -0.365 e. The van der Waals surface area contributed by atoms with Gasteiger partial charge in [-0.1, -0.05) is 60.7 Å². The zero-order valence-electron chi connectivity index (χ0n) is 17.7. The van der Waals surface area contributed by atoms with Crippen LogP contribution in [-0.2, 0) is 16.0 Å². The third kappa shape index (κ3) is 4.30. The minimum absolute atomic E-state index is 0.0435. The molecule has 0 N–H and O–H groups in total. The first-order chi connectivity index (χ1) is 14.8. The molecule has 1 amide bonds. The number of rotatable bonds is 5. The molecular formula is C26H32N2O2. The SMILES string of the molecule is O=C([C@@H]1OCCN(C2CC2)[C@H]1c1ccccc1)N1CCC(Cc2ccccc2)CC1. The van der Waals surface area contributed by atoms with E-state index in [2.05, 4.69) is 64.4 Å². The normalized spacial score (nSPS) is 25.9. The van der Waals surface area contributed by atoms with Crippen LogP contribution in [0.5, 0.6) is 0 Å². The van der Waals surface area contributed by atoms with Crippen molar-refractivity contribution in [1.82, 2.24) is 9.80 Å². The Bertz CT molecular complexity index is 829. The maximum atomic E-state index is 13.6. The van der Waals surface area contributed by atoms with Crippen molar-refractivity contribution in [2.75, 3.05) is 26.2 Å². The van der Waals surface area contributed by atoms with Crippen LogP contribution in [0.4, 0.5) is 0 Å². The molecule has 2 aliphatic heterocycles. The average Bonchev–Trinajstić information content (AvgIpc) is 3.65. The molecule has 2 heterocycles. The molecule has 1 aliphatic carbocycles. The maximum Gasteiger partial charge on any atom is 0.253 e. The predicted octanol–water partition coefficient (Wildman–Crippen LogP) is 4.07. The summed E-state index contributed by atoms with van der Waals surface area (Å²) in [5.41, 5.74) is 2.61. The van der Waals surface area contributed by atoms with Gasteiger partial charge in [0, 0.05) is 25.7 Å². The van der Waals surface area contributed by atoms with Crippen molar-refractivity contribution in [2.45, 2.75) is 50.3 Å². The predicted molar refractivity (Wildman–Crippen MR) is 118 cm³/mol. The Morgan fingerprint density at radius 1 is 0.867 bits per heavy atom. The summed E-state index contributed by atoms with van der Waals surface area (Å²) < 4.78 is 6.16. The lowest BCUT2D eigenvalue weighted by atomic mass is 9.89. The van der Waals surface area contributed by atoms with Crippen LogP contribution >= 0.6 is 0 Å². The molecule has 3 fully saturated rings. The number of hydrogen-bond donors (Lipinski definition) is 0. The van der Waals surface area contributed by atoms with Gasteiger partial charge in [-0.05, 0) is 49.1 Å². The van der Waals surface area contributed by atoms with Crippen LogP contribution in [0.15, 0.2) is 60.7 Å². The number of morpholine rings is 1. The molecule has 2 saturated heterocycles. The Kier molecular flexibility index (Phi) is 5.87. The van der Waals surface area contributed by atoms with Crippen molar-refractivity contribution in [3.63, 3.8) is 0 Å². The quantitative estimate of drug-likeness (QED) is 0.753. The first kappa shape index (κ1) is 19.8. The summed E-state index contributed by atoms with van der Waals surface area (Å²) in [6.45, 7) is 3.27. The Labute approximate surface area is 179 Å². The van der Waals surface area contributed by atoms with Crippen LogP contribution < -0.4 is 0 Å². The number of ether oxygens (including phenoxy) is 1. The van der Waals surface area contributed by atoms with Crippen LogP contribution in [0, 0.1) is 5.92 Å². The highest BCUT2D eigenvalue weighted by Crippen LogP contribution is 2.39. The Morgan fingerprint density at radius 2 is 1.53 bits per heavy atom. The highest BCUT2D eigenvalue weighted by Gasteiger charge is 2.45. The van der Waals surface area contributed by atoms with Crippen LogP contribution in [0.1, 0.15) is 42.9 Å². The average molecular weight is 405 g/mol. The topological polar surface area (TPSA) is 32.8 Å². The van der Waals surface area contributed by atoms with Crippen molar-refractivity contribution in [3.05, 3.63) is 71.8 Å². The maximum absolute atomic E-state index is 13.6. The number of piperidine rings is 1. The molecule has 0 aromatic heterocycles. The zero-order chi connectivity index (χ0) is 20.3. The number of likely N-dealkylation sites (tertiary alicyclic amines) is 1. The molecule has 1 saturated carbocycles. The van der Waals surface area contributed by atoms with Crippen LogP contribution in [-0.4, -0.2) is 54.1 Å². The smallest absolute Gasteiger partial charge is 0.253 e. The van der Waals surface area contributed by atoms with E-state index >= 15 is 0 Å². The number of amides is 1. The molecule has 0 radical (unpaired) electrons. The molecule has 2 aromatic carbocycles. The summed E-state index contributed by atoms with van der Waals surface area (Å²) in [5, 5.41) is 0. The Hall–Kier alpha value is -2.17.